The van der Waals surface area contributed by atoms with Crippen LogP contribution in [0.25, 0.3) is 0 Å². The number of aliphatic hydroxyl groups is 1. The summed E-state index contributed by atoms with van der Waals surface area (Å²) in [4.78, 5) is 12.2. The fraction of sp³-hybridized carbons (Fsp3) is 0.966. The summed E-state index contributed by atoms with van der Waals surface area (Å²) < 4.78 is 0. The molecule has 2 nitrogen and oxygen atoms in total. The molecule has 0 aromatic heterocycles. The zero-order valence-corrected chi connectivity index (χ0v) is 21.3. The Morgan fingerprint density at radius 1 is 1.00 bits per heavy atom. The summed E-state index contributed by atoms with van der Waals surface area (Å²) in [6.07, 6.45) is 12.7. The van der Waals surface area contributed by atoms with Gasteiger partial charge in [0.2, 0.25) is 0 Å². The van der Waals surface area contributed by atoms with Crippen molar-refractivity contribution in [2.24, 2.45) is 58.2 Å². The maximum atomic E-state index is 12.2. The lowest BCUT2D eigenvalue weighted by Crippen LogP contribution is -2.58. The molecule has 4 rings (SSSR count). The van der Waals surface area contributed by atoms with Gasteiger partial charge in [-0.1, -0.05) is 54.4 Å². The van der Waals surface area contributed by atoms with E-state index in [4.69, 9.17) is 0 Å². The number of Topliss-reactive ketones (excluding diaryl/α,β-unsaturated/α-hetero) is 1. The minimum absolute atomic E-state index is 0.182. The van der Waals surface area contributed by atoms with Gasteiger partial charge in [-0.25, -0.2) is 0 Å². The third kappa shape index (κ3) is 3.95. The van der Waals surface area contributed by atoms with Crippen LogP contribution in [0.4, 0.5) is 0 Å². The van der Waals surface area contributed by atoms with Crippen molar-refractivity contribution in [3.8, 4) is 0 Å². The molecular weight excluding hydrogens is 380 g/mol. The smallest absolute Gasteiger partial charge is 0.133 e. The van der Waals surface area contributed by atoms with Gasteiger partial charge in [0, 0.05) is 12.8 Å². The molecule has 0 saturated heterocycles. The number of fused-ring (bicyclic) bond motifs is 5. The second-order valence-electron chi connectivity index (χ2n) is 13.2. The molecule has 4 fully saturated rings. The predicted octanol–water partition coefficient (Wildman–Crippen LogP) is 7.28. The molecule has 0 aliphatic heterocycles. The third-order valence-electron chi connectivity index (χ3n) is 11.7. The van der Waals surface area contributed by atoms with Crippen LogP contribution in [0.1, 0.15) is 112 Å². The first-order valence-electron chi connectivity index (χ1n) is 13.8. The number of hydrogen-bond donors (Lipinski definition) is 1. The molecule has 4 aliphatic carbocycles. The molecule has 0 spiro atoms. The van der Waals surface area contributed by atoms with Gasteiger partial charge < -0.3 is 5.11 Å². The number of ketones is 1. The molecule has 31 heavy (non-hydrogen) atoms. The lowest BCUT2D eigenvalue weighted by atomic mass is 9.44. The molecule has 2 heteroatoms. The maximum Gasteiger partial charge on any atom is 0.133 e. The Balaban J connectivity index is 1.49. The average Bonchev–Trinajstić information content (AvgIpc) is 3.06. The molecule has 0 radical (unpaired) electrons. The normalized spacial score (nSPS) is 46.9. The van der Waals surface area contributed by atoms with Gasteiger partial charge >= 0.3 is 0 Å². The first-order chi connectivity index (χ1) is 14.6. The van der Waals surface area contributed by atoms with E-state index < -0.39 is 0 Å². The molecule has 4 saturated carbocycles. The van der Waals surface area contributed by atoms with Crippen molar-refractivity contribution < 1.29 is 9.90 Å². The molecule has 178 valence electrons. The zero-order chi connectivity index (χ0) is 22.6. The molecule has 1 N–H and O–H groups in total. The predicted molar refractivity (Wildman–Crippen MR) is 129 cm³/mol. The summed E-state index contributed by atoms with van der Waals surface area (Å²) in [5, 5.41) is 11.4. The highest BCUT2D eigenvalue weighted by atomic mass is 16.3. The van der Waals surface area contributed by atoms with E-state index in [-0.39, 0.29) is 11.5 Å². The Hall–Kier alpha value is -0.370. The van der Waals surface area contributed by atoms with E-state index in [2.05, 4.69) is 41.5 Å². The first-order valence-corrected chi connectivity index (χ1v) is 13.8. The van der Waals surface area contributed by atoms with E-state index in [1.807, 2.05) is 0 Å². The lowest BCUT2D eigenvalue weighted by molar-refractivity contribution is -0.169. The van der Waals surface area contributed by atoms with Crippen molar-refractivity contribution in [1.29, 1.82) is 0 Å². The number of carbonyl (C=O) groups excluding carboxylic acids is 1. The van der Waals surface area contributed by atoms with Crippen LogP contribution in [0.5, 0.6) is 0 Å². The molecule has 3 unspecified atom stereocenters. The Labute approximate surface area is 192 Å². The van der Waals surface area contributed by atoms with Gasteiger partial charge in [-0.3, -0.25) is 4.79 Å². The largest absolute Gasteiger partial charge is 0.393 e. The lowest BCUT2D eigenvalue weighted by Gasteiger charge is -2.62. The summed E-state index contributed by atoms with van der Waals surface area (Å²) >= 11 is 0. The maximum absolute atomic E-state index is 12.2. The van der Waals surface area contributed by atoms with E-state index in [1.54, 1.807) is 0 Å². The van der Waals surface area contributed by atoms with E-state index in [9.17, 15) is 9.90 Å². The molecular formula is C29H50O2. The monoisotopic (exact) mass is 430 g/mol. The van der Waals surface area contributed by atoms with Crippen LogP contribution in [0.15, 0.2) is 0 Å². The summed E-state index contributed by atoms with van der Waals surface area (Å²) in [6.45, 7) is 14.8. The summed E-state index contributed by atoms with van der Waals surface area (Å²) in [5.74, 6) is 5.96. The van der Waals surface area contributed by atoms with Crippen LogP contribution in [0, 0.1) is 58.2 Å². The van der Waals surface area contributed by atoms with Gasteiger partial charge in [-0.05, 0) is 103 Å². The van der Waals surface area contributed by atoms with Gasteiger partial charge in [-0.15, -0.1) is 0 Å². The summed E-state index contributed by atoms with van der Waals surface area (Å²) in [5.41, 5.74) is 0.698. The molecule has 10 atom stereocenters. The number of aliphatic hydroxyl groups excluding tert-OH is 1. The highest BCUT2D eigenvalue weighted by Gasteiger charge is 2.62. The van der Waals surface area contributed by atoms with Gasteiger partial charge in [0.15, 0.2) is 0 Å². The van der Waals surface area contributed by atoms with E-state index in [0.29, 0.717) is 34.9 Å². The van der Waals surface area contributed by atoms with E-state index in [0.717, 1.165) is 49.4 Å². The summed E-state index contributed by atoms with van der Waals surface area (Å²) in [6, 6.07) is 0. The Morgan fingerprint density at radius 3 is 2.39 bits per heavy atom. The molecule has 0 bridgehead atoms. The third-order valence-corrected chi connectivity index (χ3v) is 11.7. The number of hydrogen-bond acceptors (Lipinski definition) is 2. The SMILES string of the molecule is CC[C@H](CC[C@@H](C)[C@H]1CCC2[C@@H]3C(O)C[C@@H]4CC(=O)CC[C@]4(C)C3CC[C@@]21C)C(C)C. The van der Waals surface area contributed by atoms with Crippen LogP contribution in [-0.2, 0) is 4.79 Å². The van der Waals surface area contributed by atoms with Crippen LogP contribution in [0.3, 0.4) is 0 Å². The summed E-state index contributed by atoms with van der Waals surface area (Å²) in [7, 11) is 0. The zero-order valence-electron chi connectivity index (χ0n) is 21.3. The van der Waals surface area contributed by atoms with Crippen molar-refractivity contribution in [1.82, 2.24) is 0 Å². The minimum atomic E-state index is -0.182. The van der Waals surface area contributed by atoms with Crippen LogP contribution < -0.4 is 0 Å². The fourth-order valence-corrected chi connectivity index (χ4v) is 9.68. The number of carbonyl (C=O) groups is 1. The quantitative estimate of drug-likeness (QED) is 0.480. The van der Waals surface area contributed by atoms with Crippen LogP contribution in [-0.4, -0.2) is 17.0 Å². The van der Waals surface area contributed by atoms with Crippen molar-refractivity contribution in [3.63, 3.8) is 0 Å². The Kier molecular flexibility index (Phi) is 6.73. The van der Waals surface area contributed by atoms with E-state index >= 15 is 0 Å². The van der Waals surface area contributed by atoms with E-state index in [1.165, 1.54) is 44.9 Å². The van der Waals surface area contributed by atoms with Crippen molar-refractivity contribution in [3.05, 3.63) is 0 Å². The standard InChI is InChI=1S/C29H50O2/c1-7-20(18(2)3)9-8-19(4)23-10-11-24-27-25(13-15-29(23,24)6)28(5)14-12-22(30)16-21(28)17-26(27)31/h18-21,23-27,31H,7-17H2,1-6H3/t19-,20-,21+,23-,24?,25?,26?,27+,28+,29-/m1/s1. The Morgan fingerprint density at radius 2 is 1.71 bits per heavy atom. The van der Waals surface area contributed by atoms with Crippen LogP contribution in [0.2, 0.25) is 0 Å². The molecule has 4 aliphatic rings. The van der Waals surface area contributed by atoms with Crippen molar-refractivity contribution in [2.75, 3.05) is 0 Å². The van der Waals surface area contributed by atoms with Crippen molar-refractivity contribution in [2.45, 2.75) is 118 Å². The molecule has 0 heterocycles. The second kappa shape index (κ2) is 8.77. The highest BCUT2D eigenvalue weighted by molar-refractivity contribution is 5.79. The van der Waals surface area contributed by atoms with Gasteiger partial charge in [0.25, 0.3) is 0 Å². The first kappa shape index (κ1) is 23.8. The topological polar surface area (TPSA) is 37.3 Å². The van der Waals surface area contributed by atoms with Gasteiger partial charge in [0.05, 0.1) is 6.10 Å². The van der Waals surface area contributed by atoms with Gasteiger partial charge in [-0.2, -0.15) is 0 Å². The fourth-order valence-electron chi connectivity index (χ4n) is 9.68. The number of rotatable bonds is 6. The second-order valence-corrected chi connectivity index (χ2v) is 13.2. The average molecular weight is 431 g/mol. The Bertz CT molecular complexity index is 655. The van der Waals surface area contributed by atoms with Crippen LogP contribution >= 0.6 is 0 Å². The molecule has 0 amide bonds. The van der Waals surface area contributed by atoms with Gasteiger partial charge in [0.1, 0.15) is 5.78 Å². The molecule has 0 aromatic carbocycles. The highest BCUT2D eigenvalue weighted by Crippen LogP contribution is 2.68. The van der Waals surface area contributed by atoms with Crippen molar-refractivity contribution >= 4 is 5.78 Å². The minimum Gasteiger partial charge on any atom is -0.393 e. The molecule has 0 aromatic rings.